The second-order valence-corrected chi connectivity index (χ2v) is 6.48. The minimum Gasteiger partial charge on any atom is -0.334 e. The zero-order valence-electron chi connectivity index (χ0n) is 11.5. The van der Waals surface area contributed by atoms with Crippen LogP contribution in [0.15, 0.2) is 35.7 Å². The molecule has 0 saturated heterocycles. The second kappa shape index (κ2) is 4.85. The van der Waals surface area contributed by atoms with Crippen molar-refractivity contribution >= 4 is 26.7 Å². The molecule has 1 aromatic carbocycles. The van der Waals surface area contributed by atoms with Crippen LogP contribution in [0.4, 0.5) is 5.69 Å². The van der Waals surface area contributed by atoms with Gasteiger partial charge >= 0.3 is 0 Å². The summed E-state index contributed by atoms with van der Waals surface area (Å²) in [7, 11) is -3.76. The lowest BCUT2D eigenvalue weighted by Crippen LogP contribution is -2.13. The number of anilines is 1. The maximum absolute atomic E-state index is 12.4. The monoisotopic (exact) mass is 306 g/mol. The number of benzene rings is 1. The number of sulfonamides is 1. The zero-order chi connectivity index (χ0) is 15.0. The summed E-state index contributed by atoms with van der Waals surface area (Å²) in [5, 5.41) is 10.3. The molecular weight excluding hydrogens is 292 g/mol. The minimum atomic E-state index is -3.76. The van der Waals surface area contributed by atoms with Crippen molar-refractivity contribution in [2.45, 2.75) is 24.9 Å². The topological polar surface area (TPSA) is 106 Å². The fraction of sp³-hybridized carbons (Fsp3) is 0.250. The fourth-order valence-electron chi connectivity index (χ4n) is 1.89. The van der Waals surface area contributed by atoms with Crippen LogP contribution >= 0.6 is 0 Å². The highest BCUT2D eigenvalue weighted by Gasteiger charge is 2.19. The Hall–Kier alpha value is -2.42. The highest BCUT2D eigenvalue weighted by atomic mass is 32.2. The molecule has 9 heteroatoms. The van der Waals surface area contributed by atoms with Gasteiger partial charge in [-0.1, -0.05) is 6.07 Å². The van der Waals surface area contributed by atoms with Gasteiger partial charge in [0.1, 0.15) is 11.0 Å². The number of imidazole rings is 1. The lowest BCUT2D eigenvalue weighted by molar-refractivity contribution is 0.592. The minimum absolute atomic E-state index is 0.0308. The van der Waals surface area contributed by atoms with Crippen molar-refractivity contribution in [3.63, 3.8) is 0 Å². The summed E-state index contributed by atoms with van der Waals surface area (Å²) >= 11 is 0. The van der Waals surface area contributed by atoms with Crippen LogP contribution in [0.2, 0.25) is 0 Å². The first-order valence-electron chi connectivity index (χ1n) is 6.33. The molecule has 0 saturated carbocycles. The van der Waals surface area contributed by atoms with Crippen molar-refractivity contribution in [1.82, 2.24) is 25.0 Å². The molecular formula is C12H14N6O2S. The summed E-state index contributed by atoms with van der Waals surface area (Å²) in [5.41, 5.74) is 1.41. The Balaban J connectivity index is 1.97. The molecule has 0 bridgehead atoms. The van der Waals surface area contributed by atoms with Gasteiger partial charge < -0.3 is 4.57 Å². The predicted octanol–water partition coefficient (Wildman–Crippen LogP) is 1.54. The number of hydrogen-bond acceptors (Lipinski definition) is 5. The smallest absolute Gasteiger partial charge is 0.281 e. The van der Waals surface area contributed by atoms with Crippen LogP contribution in [0.1, 0.15) is 19.9 Å². The van der Waals surface area contributed by atoms with E-state index in [1.807, 2.05) is 13.8 Å². The summed E-state index contributed by atoms with van der Waals surface area (Å²) in [6.45, 7) is 3.89. The number of aromatic nitrogens is 5. The molecule has 2 heterocycles. The Morgan fingerprint density at radius 1 is 1.29 bits per heavy atom. The number of fused-ring (bicyclic) bond motifs is 1. The van der Waals surface area contributed by atoms with Crippen LogP contribution in [0.25, 0.3) is 11.0 Å². The lowest BCUT2D eigenvalue weighted by atomic mass is 10.3. The molecule has 0 amide bonds. The Bertz CT molecular complexity index is 880. The van der Waals surface area contributed by atoms with Gasteiger partial charge in [-0.05, 0) is 26.0 Å². The molecule has 0 fully saturated rings. The molecule has 110 valence electrons. The second-order valence-electron chi connectivity index (χ2n) is 4.86. The van der Waals surface area contributed by atoms with Crippen LogP contribution in [-0.4, -0.2) is 33.4 Å². The molecule has 8 nitrogen and oxygen atoms in total. The quantitative estimate of drug-likeness (QED) is 0.760. The molecule has 2 N–H and O–H groups in total. The van der Waals surface area contributed by atoms with Crippen LogP contribution in [0, 0.1) is 0 Å². The van der Waals surface area contributed by atoms with E-state index in [1.54, 1.807) is 22.8 Å². The van der Waals surface area contributed by atoms with Crippen molar-refractivity contribution in [3.05, 3.63) is 30.7 Å². The SMILES string of the molecule is CC(C)n1cnc(S(=O)(=O)Nc2cccc3n[nH]nc23)c1. The Morgan fingerprint density at radius 2 is 2.10 bits per heavy atom. The molecule has 3 aromatic rings. The van der Waals surface area contributed by atoms with E-state index in [9.17, 15) is 8.42 Å². The average molecular weight is 306 g/mol. The molecule has 0 atom stereocenters. The van der Waals surface area contributed by atoms with E-state index in [2.05, 4.69) is 25.1 Å². The van der Waals surface area contributed by atoms with Gasteiger partial charge in [0.25, 0.3) is 10.0 Å². The van der Waals surface area contributed by atoms with Gasteiger partial charge in [0.05, 0.1) is 12.0 Å². The van der Waals surface area contributed by atoms with E-state index in [1.165, 1.54) is 12.5 Å². The van der Waals surface area contributed by atoms with Gasteiger partial charge in [0.15, 0.2) is 5.03 Å². The summed E-state index contributed by atoms with van der Waals surface area (Å²) < 4.78 is 28.9. The van der Waals surface area contributed by atoms with Crippen LogP contribution in [0.3, 0.4) is 0 Å². The van der Waals surface area contributed by atoms with Crippen molar-refractivity contribution < 1.29 is 8.42 Å². The maximum Gasteiger partial charge on any atom is 0.281 e. The molecule has 3 rings (SSSR count). The van der Waals surface area contributed by atoms with E-state index in [0.29, 0.717) is 16.7 Å². The molecule has 0 spiro atoms. The molecule has 0 aliphatic carbocycles. The zero-order valence-corrected chi connectivity index (χ0v) is 12.3. The molecule has 2 aromatic heterocycles. The van der Waals surface area contributed by atoms with E-state index < -0.39 is 10.0 Å². The van der Waals surface area contributed by atoms with Gasteiger partial charge in [0.2, 0.25) is 0 Å². The van der Waals surface area contributed by atoms with Crippen molar-refractivity contribution in [3.8, 4) is 0 Å². The molecule has 21 heavy (non-hydrogen) atoms. The molecule has 0 radical (unpaired) electrons. The highest BCUT2D eigenvalue weighted by Crippen LogP contribution is 2.22. The summed E-state index contributed by atoms with van der Waals surface area (Å²) in [6.07, 6.45) is 2.99. The lowest BCUT2D eigenvalue weighted by Gasteiger charge is -2.06. The first kappa shape index (κ1) is 13.6. The van der Waals surface area contributed by atoms with Gasteiger partial charge in [0, 0.05) is 12.2 Å². The van der Waals surface area contributed by atoms with Gasteiger partial charge in [-0.2, -0.15) is 23.8 Å². The maximum atomic E-state index is 12.4. The first-order valence-corrected chi connectivity index (χ1v) is 7.81. The number of hydrogen-bond donors (Lipinski definition) is 2. The third-order valence-electron chi connectivity index (χ3n) is 3.04. The Labute approximate surface area is 121 Å². The highest BCUT2D eigenvalue weighted by molar-refractivity contribution is 7.92. The largest absolute Gasteiger partial charge is 0.334 e. The number of nitrogens with zero attached hydrogens (tertiary/aromatic N) is 4. The molecule has 0 aliphatic rings. The van der Waals surface area contributed by atoms with Crippen molar-refractivity contribution in [2.75, 3.05) is 4.72 Å². The summed E-state index contributed by atoms with van der Waals surface area (Å²) in [6, 6.07) is 5.21. The Morgan fingerprint density at radius 3 is 2.81 bits per heavy atom. The van der Waals surface area contributed by atoms with Crippen LogP contribution in [-0.2, 0) is 10.0 Å². The number of rotatable bonds is 4. The van der Waals surface area contributed by atoms with Crippen LogP contribution in [0.5, 0.6) is 0 Å². The summed E-state index contributed by atoms with van der Waals surface area (Å²) in [4.78, 5) is 3.94. The van der Waals surface area contributed by atoms with Gasteiger partial charge in [-0.25, -0.2) is 4.98 Å². The Kier molecular flexibility index (Phi) is 3.13. The fourth-order valence-corrected chi connectivity index (χ4v) is 2.89. The van der Waals surface area contributed by atoms with Crippen molar-refractivity contribution in [1.29, 1.82) is 0 Å². The van der Waals surface area contributed by atoms with Crippen LogP contribution < -0.4 is 4.72 Å². The van der Waals surface area contributed by atoms with E-state index in [-0.39, 0.29) is 11.1 Å². The third kappa shape index (κ3) is 2.47. The van der Waals surface area contributed by atoms with Crippen molar-refractivity contribution in [2.24, 2.45) is 0 Å². The van der Waals surface area contributed by atoms with Gasteiger partial charge in [-0.3, -0.25) is 4.72 Å². The predicted molar refractivity (Wildman–Crippen MR) is 77.3 cm³/mol. The normalized spacial score (nSPS) is 12.1. The third-order valence-corrected chi connectivity index (χ3v) is 4.29. The first-order chi connectivity index (χ1) is 9.97. The standard InChI is InChI=1S/C12H14N6O2S/c1-8(2)18-6-11(13-7-18)21(19,20)16-10-5-3-4-9-12(10)15-17-14-9/h3-8,16H,1-2H3,(H,14,15,17). The van der Waals surface area contributed by atoms with E-state index in [4.69, 9.17) is 0 Å². The molecule has 0 unspecified atom stereocenters. The number of H-pyrrole nitrogens is 1. The van der Waals surface area contributed by atoms with Gasteiger partial charge in [-0.15, -0.1) is 0 Å². The van der Waals surface area contributed by atoms with E-state index >= 15 is 0 Å². The molecule has 0 aliphatic heterocycles. The summed E-state index contributed by atoms with van der Waals surface area (Å²) in [5.74, 6) is 0. The number of nitrogens with one attached hydrogen (secondary N) is 2. The van der Waals surface area contributed by atoms with E-state index in [0.717, 1.165) is 0 Å². The number of aromatic amines is 1. The average Bonchev–Trinajstić information content (AvgIpc) is 3.08. The number of para-hydroxylation sites is 1.